The summed E-state index contributed by atoms with van der Waals surface area (Å²) in [7, 11) is 0. The van der Waals surface area contributed by atoms with Gasteiger partial charge in [-0.15, -0.1) is 11.8 Å². The molecule has 2 aliphatic rings. The second-order valence-corrected chi connectivity index (χ2v) is 12.0. The number of carbonyl (C=O) groups is 2. The van der Waals surface area contributed by atoms with Crippen molar-refractivity contribution in [2.24, 2.45) is 29.1 Å². The highest BCUT2D eigenvalue weighted by Crippen LogP contribution is 2.62. The maximum atomic E-state index is 13.4. The molecular formula is C28H36Cl2O3S. The number of hydrogen-bond donors (Lipinski definition) is 1. The molecule has 6 atom stereocenters. The standard InChI is InChI=1S/C28H36Cl2O3S/c1-5-7-20(31)10-8-18(3)22-12-14-27(4)23(21(22)6-2)13-15-28(27,33)26(32)17-34-25-11-9-19(29)16-24(25)30/h5,7-11,16,18,21-23,33H,6,12-15,17H2,1-4H3/b7-5+,10-8-/t18?,21?,22?,23?,27?,28-/m0/s1. The summed E-state index contributed by atoms with van der Waals surface area (Å²) >= 11 is 13.6. The van der Waals surface area contributed by atoms with E-state index >= 15 is 0 Å². The Morgan fingerprint density at radius 3 is 2.62 bits per heavy atom. The van der Waals surface area contributed by atoms with Gasteiger partial charge in [-0.2, -0.15) is 0 Å². The first-order valence-corrected chi connectivity index (χ1v) is 14.0. The lowest BCUT2D eigenvalue weighted by Gasteiger charge is -2.52. The van der Waals surface area contributed by atoms with Crippen LogP contribution in [0.1, 0.15) is 59.8 Å². The monoisotopic (exact) mass is 522 g/mol. The summed E-state index contributed by atoms with van der Waals surface area (Å²) in [6.07, 6.45) is 11.2. The Morgan fingerprint density at radius 1 is 1.24 bits per heavy atom. The zero-order chi connectivity index (χ0) is 25.1. The van der Waals surface area contributed by atoms with E-state index in [1.165, 1.54) is 11.8 Å². The third-order valence-electron chi connectivity index (χ3n) is 8.40. The van der Waals surface area contributed by atoms with E-state index in [4.69, 9.17) is 23.2 Å². The molecule has 2 aliphatic carbocycles. The van der Waals surface area contributed by atoms with Gasteiger partial charge < -0.3 is 5.11 Å². The number of rotatable bonds is 9. The largest absolute Gasteiger partial charge is 0.381 e. The van der Waals surface area contributed by atoms with Gasteiger partial charge in [0, 0.05) is 15.3 Å². The van der Waals surface area contributed by atoms with Gasteiger partial charge in [0.15, 0.2) is 11.6 Å². The van der Waals surface area contributed by atoms with Crippen molar-refractivity contribution in [1.82, 2.24) is 0 Å². The van der Waals surface area contributed by atoms with Crippen LogP contribution in [0.15, 0.2) is 47.4 Å². The molecule has 0 amide bonds. The molecule has 0 radical (unpaired) electrons. The zero-order valence-corrected chi connectivity index (χ0v) is 22.8. The van der Waals surface area contributed by atoms with Crippen molar-refractivity contribution in [1.29, 1.82) is 0 Å². The van der Waals surface area contributed by atoms with Crippen molar-refractivity contribution in [2.45, 2.75) is 70.3 Å². The summed E-state index contributed by atoms with van der Waals surface area (Å²) in [6.45, 7) is 8.36. The average molecular weight is 524 g/mol. The van der Waals surface area contributed by atoms with Crippen molar-refractivity contribution in [3.05, 3.63) is 52.5 Å². The minimum atomic E-state index is -1.32. The van der Waals surface area contributed by atoms with E-state index in [0.29, 0.717) is 28.3 Å². The van der Waals surface area contributed by atoms with Crippen molar-refractivity contribution in [3.63, 3.8) is 0 Å². The number of fused-ring (bicyclic) bond motifs is 1. The van der Waals surface area contributed by atoms with Gasteiger partial charge >= 0.3 is 0 Å². The van der Waals surface area contributed by atoms with Crippen LogP contribution >= 0.6 is 35.0 Å². The number of benzene rings is 1. The van der Waals surface area contributed by atoms with Gasteiger partial charge in [0.2, 0.25) is 0 Å². The highest BCUT2D eigenvalue weighted by atomic mass is 35.5. The molecule has 34 heavy (non-hydrogen) atoms. The molecule has 0 heterocycles. The van der Waals surface area contributed by atoms with Crippen LogP contribution < -0.4 is 0 Å². The fraction of sp³-hybridized carbons (Fsp3) is 0.571. The second kappa shape index (κ2) is 11.3. The van der Waals surface area contributed by atoms with Gasteiger partial charge in [-0.3, -0.25) is 9.59 Å². The Labute approximate surface area is 218 Å². The molecule has 1 aromatic rings. The number of ketones is 2. The molecular weight excluding hydrogens is 487 g/mol. The van der Waals surface area contributed by atoms with Crippen LogP contribution in [0.3, 0.4) is 0 Å². The summed E-state index contributed by atoms with van der Waals surface area (Å²) in [5, 5.41) is 12.9. The molecule has 5 unspecified atom stereocenters. The SMILES string of the molecule is C/C=C/C(=O)/C=C\C(C)C1CCC2(C)C(CC[C@]2(O)C(=O)CSc2ccc(Cl)cc2Cl)C1CC. The van der Waals surface area contributed by atoms with Crippen LogP contribution in [0, 0.1) is 29.1 Å². The van der Waals surface area contributed by atoms with E-state index in [2.05, 4.69) is 20.8 Å². The number of aliphatic hydroxyl groups is 1. The minimum Gasteiger partial charge on any atom is -0.381 e. The third kappa shape index (κ3) is 5.36. The Bertz CT molecular complexity index is 974. The Kier molecular flexibility index (Phi) is 9.17. The van der Waals surface area contributed by atoms with Gasteiger partial charge in [-0.05, 0) is 86.6 Å². The quantitative estimate of drug-likeness (QED) is 0.268. The normalized spacial score (nSPS) is 32.3. The van der Waals surface area contributed by atoms with Crippen LogP contribution in [0.4, 0.5) is 0 Å². The highest BCUT2D eigenvalue weighted by molar-refractivity contribution is 8.00. The number of Topliss-reactive ketones (excluding diaryl/α,β-unsaturated/α-hetero) is 1. The van der Waals surface area contributed by atoms with Gasteiger partial charge in [0.1, 0.15) is 5.60 Å². The summed E-state index contributed by atoms with van der Waals surface area (Å²) in [5.41, 5.74) is -1.75. The molecule has 2 saturated carbocycles. The lowest BCUT2D eigenvalue weighted by atomic mass is 9.54. The van der Waals surface area contributed by atoms with Crippen LogP contribution in [-0.4, -0.2) is 28.0 Å². The van der Waals surface area contributed by atoms with Crippen molar-refractivity contribution in [3.8, 4) is 0 Å². The molecule has 2 fully saturated rings. The van der Waals surface area contributed by atoms with Gasteiger partial charge in [-0.25, -0.2) is 0 Å². The summed E-state index contributed by atoms with van der Waals surface area (Å²) in [5.74, 6) is 1.51. The van der Waals surface area contributed by atoms with E-state index < -0.39 is 11.0 Å². The number of allylic oxidation sites excluding steroid dienone is 4. The van der Waals surface area contributed by atoms with E-state index in [9.17, 15) is 14.7 Å². The molecule has 0 aliphatic heterocycles. The maximum Gasteiger partial charge on any atom is 0.177 e. The van der Waals surface area contributed by atoms with Gasteiger partial charge in [0.25, 0.3) is 0 Å². The van der Waals surface area contributed by atoms with Crippen molar-refractivity contribution in [2.75, 3.05) is 5.75 Å². The number of thioether (sulfide) groups is 1. The minimum absolute atomic E-state index is 0.0159. The molecule has 0 aromatic heterocycles. The Balaban J connectivity index is 1.74. The number of carbonyl (C=O) groups excluding carboxylic acids is 2. The van der Waals surface area contributed by atoms with Crippen LogP contribution in [-0.2, 0) is 9.59 Å². The molecule has 0 bridgehead atoms. The number of hydrogen-bond acceptors (Lipinski definition) is 4. The smallest absolute Gasteiger partial charge is 0.177 e. The molecule has 6 heteroatoms. The highest BCUT2D eigenvalue weighted by Gasteiger charge is 2.63. The van der Waals surface area contributed by atoms with Gasteiger partial charge in [0.05, 0.1) is 10.8 Å². The Hall–Kier alpha value is -1.07. The number of halogens is 2. The second-order valence-electron chi connectivity index (χ2n) is 10.1. The lowest BCUT2D eigenvalue weighted by Crippen LogP contribution is -2.55. The molecule has 1 N–H and O–H groups in total. The van der Waals surface area contributed by atoms with Crippen LogP contribution in [0.5, 0.6) is 0 Å². The molecule has 3 nitrogen and oxygen atoms in total. The molecule has 3 rings (SSSR count). The fourth-order valence-electron chi connectivity index (χ4n) is 6.50. The van der Waals surface area contributed by atoms with Crippen LogP contribution in [0.2, 0.25) is 10.0 Å². The summed E-state index contributed by atoms with van der Waals surface area (Å²) in [4.78, 5) is 26.1. The fourth-order valence-corrected chi connectivity index (χ4v) is 7.95. The first kappa shape index (κ1) is 27.5. The molecule has 1 aromatic carbocycles. The average Bonchev–Trinajstić information content (AvgIpc) is 3.08. The summed E-state index contributed by atoms with van der Waals surface area (Å²) < 4.78 is 0. The zero-order valence-electron chi connectivity index (χ0n) is 20.5. The van der Waals surface area contributed by atoms with E-state index in [1.54, 1.807) is 30.4 Å². The Morgan fingerprint density at radius 2 is 1.97 bits per heavy atom. The van der Waals surface area contributed by atoms with Crippen molar-refractivity contribution < 1.29 is 14.7 Å². The van der Waals surface area contributed by atoms with Crippen LogP contribution in [0.25, 0.3) is 0 Å². The topological polar surface area (TPSA) is 54.4 Å². The van der Waals surface area contributed by atoms with E-state index in [-0.39, 0.29) is 29.2 Å². The third-order valence-corrected chi connectivity index (χ3v) is 10.1. The molecule has 0 saturated heterocycles. The van der Waals surface area contributed by atoms with E-state index in [1.807, 2.05) is 19.1 Å². The first-order valence-electron chi connectivity index (χ1n) is 12.3. The molecule has 186 valence electrons. The molecule has 0 spiro atoms. The summed E-state index contributed by atoms with van der Waals surface area (Å²) in [6, 6.07) is 5.25. The predicted molar refractivity (Wildman–Crippen MR) is 143 cm³/mol. The predicted octanol–water partition coefficient (Wildman–Crippen LogP) is 7.58. The van der Waals surface area contributed by atoms with Gasteiger partial charge in [-0.1, -0.05) is 62.5 Å². The first-order chi connectivity index (χ1) is 16.1. The maximum absolute atomic E-state index is 13.4. The lowest BCUT2D eigenvalue weighted by molar-refractivity contribution is -0.156. The van der Waals surface area contributed by atoms with Crippen molar-refractivity contribution >= 4 is 46.5 Å². The van der Waals surface area contributed by atoms with E-state index in [0.717, 1.165) is 30.6 Å².